The number of rotatable bonds is 9. The summed E-state index contributed by atoms with van der Waals surface area (Å²) in [4.78, 5) is 11.4. The summed E-state index contributed by atoms with van der Waals surface area (Å²) in [6.45, 7) is 4.88. The average molecular weight is 264 g/mol. The fourth-order valence-electron chi connectivity index (χ4n) is 1.80. The van der Waals surface area contributed by atoms with Gasteiger partial charge in [0.2, 0.25) is 5.91 Å². The van der Waals surface area contributed by atoms with E-state index < -0.39 is 0 Å². The third-order valence-corrected chi connectivity index (χ3v) is 2.83. The quantitative estimate of drug-likeness (QED) is 0.669. The summed E-state index contributed by atoms with van der Waals surface area (Å²) in [5, 5.41) is 6.16. The van der Waals surface area contributed by atoms with Gasteiger partial charge in [0.15, 0.2) is 0 Å². The molecule has 0 aliphatic rings. The number of nitrogens with one attached hydrogen (secondary N) is 2. The molecular formula is C15H24N2O2. The fourth-order valence-corrected chi connectivity index (χ4v) is 1.80. The predicted molar refractivity (Wildman–Crippen MR) is 76.8 cm³/mol. The summed E-state index contributed by atoms with van der Waals surface area (Å²) in [5.41, 5.74) is 2.41. The van der Waals surface area contributed by atoms with Crippen LogP contribution in [0.4, 0.5) is 0 Å². The zero-order valence-electron chi connectivity index (χ0n) is 11.9. The van der Waals surface area contributed by atoms with E-state index >= 15 is 0 Å². The second-order valence-electron chi connectivity index (χ2n) is 4.48. The summed E-state index contributed by atoms with van der Waals surface area (Å²) in [6, 6.07) is 8.17. The van der Waals surface area contributed by atoms with Crippen molar-refractivity contribution >= 4 is 5.91 Å². The summed E-state index contributed by atoms with van der Waals surface area (Å²) in [7, 11) is 1.70. The van der Waals surface area contributed by atoms with Crippen molar-refractivity contribution in [3.63, 3.8) is 0 Å². The van der Waals surface area contributed by atoms with E-state index in [1.165, 1.54) is 11.1 Å². The van der Waals surface area contributed by atoms with Gasteiger partial charge in [-0.15, -0.1) is 0 Å². The van der Waals surface area contributed by atoms with Gasteiger partial charge in [0, 0.05) is 33.2 Å². The normalized spacial score (nSPS) is 10.4. The molecule has 0 atom stereocenters. The number of methoxy groups -OCH3 is 1. The Morgan fingerprint density at radius 1 is 1.21 bits per heavy atom. The lowest BCUT2D eigenvalue weighted by Gasteiger charge is -2.10. The molecule has 1 aromatic carbocycles. The van der Waals surface area contributed by atoms with E-state index in [0.29, 0.717) is 19.6 Å². The lowest BCUT2D eigenvalue weighted by molar-refractivity contribution is -0.120. The van der Waals surface area contributed by atoms with E-state index in [4.69, 9.17) is 4.74 Å². The van der Waals surface area contributed by atoms with E-state index in [9.17, 15) is 4.79 Å². The van der Waals surface area contributed by atoms with Gasteiger partial charge in [0.25, 0.3) is 0 Å². The smallest absolute Gasteiger partial charge is 0.221 e. The van der Waals surface area contributed by atoms with Gasteiger partial charge in [-0.25, -0.2) is 0 Å². The molecule has 0 saturated carbocycles. The molecule has 0 aliphatic carbocycles. The van der Waals surface area contributed by atoms with Gasteiger partial charge in [-0.3, -0.25) is 4.79 Å². The van der Waals surface area contributed by atoms with Crippen LogP contribution in [-0.4, -0.2) is 26.1 Å². The summed E-state index contributed by atoms with van der Waals surface area (Å²) in [5.74, 6) is 0.111. The molecule has 19 heavy (non-hydrogen) atoms. The minimum Gasteiger partial charge on any atom is -0.380 e. The van der Waals surface area contributed by atoms with Crippen LogP contribution in [0.15, 0.2) is 24.3 Å². The highest BCUT2D eigenvalue weighted by atomic mass is 16.5. The molecule has 0 radical (unpaired) electrons. The molecule has 4 nitrogen and oxygen atoms in total. The maximum absolute atomic E-state index is 11.4. The molecule has 0 fully saturated rings. The van der Waals surface area contributed by atoms with E-state index in [2.05, 4.69) is 22.8 Å². The third-order valence-electron chi connectivity index (χ3n) is 2.83. The molecule has 0 aliphatic heterocycles. The van der Waals surface area contributed by atoms with Crippen molar-refractivity contribution in [1.82, 2.24) is 10.6 Å². The highest BCUT2D eigenvalue weighted by Crippen LogP contribution is 2.09. The summed E-state index contributed by atoms with van der Waals surface area (Å²) < 4.78 is 5.17. The Hall–Kier alpha value is -1.39. The van der Waals surface area contributed by atoms with Gasteiger partial charge in [-0.05, 0) is 17.5 Å². The van der Waals surface area contributed by atoms with Crippen LogP contribution in [0.1, 0.15) is 30.9 Å². The van der Waals surface area contributed by atoms with Gasteiger partial charge in [0.05, 0.1) is 6.61 Å². The Bertz CT molecular complexity index is 380. The third kappa shape index (κ3) is 6.36. The highest BCUT2D eigenvalue weighted by Gasteiger charge is 2.02. The number of carbonyl (C=O) groups is 1. The van der Waals surface area contributed by atoms with Gasteiger partial charge in [0.1, 0.15) is 0 Å². The lowest BCUT2D eigenvalue weighted by atomic mass is 10.1. The molecule has 0 aromatic heterocycles. The van der Waals surface area contributed by atoms with E-state index in [0.717, 1.165) is 19.5 Å². The van der Waals surface area contributed by atoms with E-state index in [-0.39, 0.29) is 5.91 Å². The van der Waals surface area contributed by atoms with Crippen LogP contribution in [-0.2, 0) is 22.7 Å². The van der Waals surface area contributed by atoms with Crippen LogP contribution in [0.3, 0.4) is 0 Å². The molecule has 2 N–H and O–H groups in total. The molecule has 106 valence electrons. The zero-order chi connectivity index (χ0) is 13.9. The number of amides is 1. The van der Waals surface area contributed by atoms with Crippen molar-refractivity contribution in [3.05, 3.63) is 35.4 Å². The fraction of sp³-hybridized carbons (Fsp3) is 0.533. The second kappa shape index (κ2) is 9.53. The SMILES string of the molecule is CCCNC(=O)CCNCc1ccccc1COC. The Morgan fingerprint density at radius 3 is 2.63 bits per heavy atom. The van der Waals surface area contributed by atoms with Gasteiger partial charge < -0.3 is 15.4 Å². The Balaban J connectivity index is 2.27. The molecule has 1 amide bonds. The van der Waals surface area contributed by atoms with Gasteiger partial charge in [-0.2, -0.15) is 0 Å². The number of hydrogen-bond donors (Lipinski definition) is 2. The number of ether oxygens (including phenoxy) is 1. The van der Waals surface area contributed by atoms with Crippen molar-refractivity contribution in [2.75, 3.05) is 20.2 Å². The van der Waals surface area contributed by atoms with Crippen molar-refractivity contribution < 1.29 is 9.53 Å². The molecule has 4 heteroatoms. The Kier molecular flexibility index (Phi) is 7.86. The Morgan fingerprint density at radius 2 is 1.95 bits per heavy atom. The topological polar surface area (TPSA) is 50.4 Å². The second-order valence-corrected chi connectivity index (χ2v) is 4.48. The largest absolute Gasteiger partial charge is 0.380 e. The molecule has 1 rings (SSSR count). The maximum atomic E-state index is 11.4. The molecule has 0 bridgehead atoms. The van der Waals surface area contributed by atoms with Crippen LogP contribution < -0.4 is 10.6 Å². The number of hydrogen-bond acceptors (Lipinski definition) is 3. The first-order valence-electron chi connectivity index (χ1n) is 6.81. The lowest BCUT2D eigenvalue weighted by Crippen LogP contribution is -2.28. The maximum Gasteiger partial charge on any atom is 0.221 e. The van der Waals surface area contributed by atoms with Crippen LogP contribution in [0.25, 0.3) is 0 Å². The van der Waals surface area contributed by atoms with E-state index in [1.54, 1.807) is 7.11 Å². The minimum absolute atomic E-state index is 0.111. The van der Waals surface area contributed by atoms with Crippen LogP contribution in [0, 0.1) is 0 Å². The molecular weight excluding hydrogens is 240 g/mol. The molecule has 0 spiro atoms. The van der Waals surface area contributed by atoms with Crippen molar-refractivity contribution in [2.45, 2.75) is 32.9 Å². The molecule has 0 unspecified atom stereocenters. The van der Waals surface area contributed by atoms with Crippen LogP contribution in [0.2, 0.25) is 0 Å². The zero-order valence-corrected chi connectivity index (χ0v) is 11.9. The first-order chi connectivity index (χ1) is 9.27. The Labute approximate surface area is 115 Å². The first-order valence-corrected chi connectivity index (χ1v) is 6.81. The van der Waals surface area contributed by atoms with Crippen LogP contribution >= 0.6 is 0 Å². The predicted octanol–water partition coefficient (Wildman–Crippen LogP) is 1.84. The monoisotopic (exact) mass is 264 g/mol. The van der Waals surface area contributed by atoms with Crippen molar-refractivity contribution in [1.29, 1.82) is 0 Å². The molecule has 1 aromatic rings. The van der Waals surface area contributed by atoms with E-state index in [1.807, 2.05) is 19.1 Å². The van der Waals surface area contributed by atoms with Crippen LogP contribution in [0.5, 0.6) is 0 Å². The molecule has 0 heterocycles. The number of carbonyl (C=O) groups excluding carboxylic acids is 1. The van der Waals surface area contributed by atoms with Crippen molar-refractivity contribution in [3.8, 4) is 0 Å². The standard InChI is InChI=1S/C15H24N2O2/c1-3-9-17-15(18)8-10-16-11-13-6-4-5-7-14(13)12-19-2/h4-7,16H,3,8-12H2,1-2H3,(H,17,18). The summed E-state index contributed by atoms with van der Waals surface area (Å²) in [6.07, 6.45) is 1.50. The highest BCUT2D eigenvalue weighted by molar-refractivity contribution is 5.75. The van der Waals surface area contributed by atoms with Crippen molar-refractivity contribution in [2.24, 2.45) is 0 Å². The number of benzene rings is 1. The first kappa shape index (κ1) is 15.7. The van der Waals surface area contributed by atoms with Gasteiger partial charge >= 0.3 is 0 Å². The molecule has 0 saturated heterocycles. The summed E-state index contributed by atoms with van der Waals surface area (Å²) >= 11 is 0. The minimum atomic E-state index is 0.111. The average Bonchev–Trinajstić information content (AvgIpc) is 2.43. The van der Waals surface area contributed by atoms with Gasteiger partial charge in [-0.1, -0.05) is 31.2 Å².